The molecule has 2 aliphatic heterocycles. The molecule has 0 spiro atoms. The lowest BCUT2D eigenvalue weighted by Gasteiger charge is -2.34. The second-order valence-corrected chi connectivity index (χ2v) is 6.62. The van der Waals surface area contributed by atoms with Crippen LogP contribution in [0.1, 0.15) is 18.1 Å². The molecule has 5 nitrogen and oxygen atoms in total. The van der Waals surface area contributed by atoms with Crippen LogP contribution < -0.4 is 5.32 Å². The molecule has 2 atom stereocenters. The van der Waals surface area contributed by atoms with E-state index in [9.17, 15) is 4.79 Å². The van der Waals surface area contributed by atoms with E-state index in [4.69, 9.17) is 32.7 Å². The third kappa shape index (κ3) is 4.37. The molecule has 1 aromatic rings. The zero-order valence-electron chi connectivity index (χ0n) is 12.8. The first-order valence-corrected chi connectivity index (χ1v) is 8.54. The number of morpholine rings is 2. The number of rotatable bonds is 3. The van der Waals surface area contributed by atoms with Gasteiger partial charge in [-0.1, -0.05) is 29.3 Å². The normalized spacial score (nSPS) is 25.4. The summed E-state index contributed by atoms with van der Waals surface area (Å²) in [6.45, 7) is 3.76. The molecule has 0 bridgehead atoms. The van der Waals surface area contributed by atoms with Crippen molar-refractivity contribution in [2.45, 2.75) is 18.6 Å². The predicted octanol–water partition coefficient (Wildman–Crippen LogP) is 2.27. The Kier molecular flexibility index (Phi) is 5.77. The summed E-state index contributed by atoms with van der Waals surface area (Å²) in [7, 11) is 0. The van der Waals surface area contributed by atoms with Crippen molar-refractivity contribution in [2.75, 3.05) is 39.5 Å². The lowest BCUT2D eigenvalue weighted by molar-refractivity contribution is -0.140. The minimum absolute atomic E-state index is 0.0996. The topological polar surface area (TPSA) is 50.8 Å². The number of nitrogens with zero attached hydrogens (tertiary/aromatic N) is 1. The first-order valence-electron chi connectivity index (χ1n) is 7.79. The van der Waals surface area contributed by atoms with E-state index in [2.05, 4.69) is 5.32 Å². The molecule has 7 heteroatoms. The number of amides is 1. The molecule has 3 rings (SSSR count). The molecule has 2 aliphatic rings. The van der Waals surface area contributed by atoms with Gasteiger partial charge in [-0.25, -0.2) is 0 Å². The molecule has 1 N–H and O–H groups in total. The first kappa shape index (κ1) is 17.0. The van der Waals surface area contributed by atoms with Gasteiger partial charge >= 0.3 is 0 Å². The molecule has 1 amide bonds. The predicted molar refractivity (Wildman–Crippen MR) is 89.0 cm³/mol. The number of benzene rings is 1. The summed E-state index contributed by atoms with van der Waals surface area (Å²) in [5.41, 5.74) is 0.941. The largest absolute Gasteiger partial charge is 0.378 e. The Morgan fingerprint density at radius 1 is 1.30 bits per heavy atom. The van der Waals surface area contributed by atoms with E-state index < -0.39 is 0 Å². The van der Waals surface area contributed by atoms with Gasteiger partial charge in [0.05, 0.1) is 36.4 Å². The van der Waals surface area contributed by atoms with Crippen molar-refractivity contribution in [2.24, 2.45) is 0 Å². The Morgan fingerprint density at radius 3 is 2.91 bits per heavy atom. The molecule has 2 heterocycles. The molecule has 0 radical (unpaired) electrons. The average Bonchev–Trinajstić information content (AvgIpc) is 2.58. The van der Waals surface area contributed by atoms with Crippen molar-refractivity contribution in [3.8, 4) is 0 Å². The number of hydrogen-bond donors (Lipinski definition) is 1. The lowest BCUT2D eigenvalue weighted by Crippen LogP contribution is -2.48. The van der Waals surface area contributed by atoms with Gasteiger partial charge in [-0.05, 0) is 17.7 Å². The van der Waals surface area contributed by atoms with E-state index in [0.717, 1.165) is 12.1 Å². The van der Waals surface area contributed by atoms with Crippen molar-refractivity contribution in [3.63, 3.8) is 0 Å². The Balaban J connectivity index is 1.60. The summed E-state index contributed by atoms with van der Waals surface area (Å²) in [6, 6.07) is 5.55. The molecule has 1 aromatic carbocycles. The van der Waals surface area contributed by atoms with Crippen LogP contribution in [0.25, 0.3) is 0 Å². The average molecular weight is 359 g/mol. The minimum atomic E-state index is -0.168. The maximum Gasteiger partial charge on any atom is 0.224 e. The fraction of sp³-hybridized carbons (Fsp3) is 0.562. The zero-order valence-corrected chi connectivity index (χ0v) is 14.3. The highest BCUT2D eigenvalue weighted by molar-refractivity contribution is 6.42. The van der Waals surface area contributed by atoms with E-state index in [1.807, 2.05) is 11.0 Å². The highest BCUT2D eigenvalue weighted by atomic mass is 35.5. The monoisotopic (exact) mass is 358 g/mol. The molecule has 2 fully saturated rings. The summed E-state index contributed by atoms with van der Waals surface area (Å²) in [5.74, 6) is 0.126. The van der Waals surface area contributed by atoms with Crippen LogP contribution in [0.4, 0.5) is 0 Å². The molecule has 126 valence electrons. The number of nitrogens with one attached hydrogen (secondary N) is 1. The molecule has 0 aliphatic carbocycles. The third-order valence-electron chi connectivity index (χ3n) is 4.15. The summed E-state index contributed by atoms with van der Waals surface area (Å²) in [5, 5.41) is 4.33. The Bertz CT molecular complexity index is 564. The Morgan fingerprint density at radius 2 is 2.17 bits per heavy atom. The summed E-state index contributed by atoms with van der Waals surface area (Å²) in [4.78, 5) is 14.3. The summed E-state index contributed by atoms with van der Waals surface area (Å²) in [6.07, 6.45) is 0.284. The van der Waals surface area contributed by atoms with E-state index in [0.29, 0.717) is 49.4 Å². The van der Waals surface area contributed by atoms with E-state index in [-0.39, 0.29) is 18.1 Å². The third-order valence-corrected chi connectivity index (χ3v) is 4.89. The number of carbonyl (C=O) groups is 1. The fourth-order valence-corrected chi connectivity index (χ4v) is 3.19. The van der Waals surface area contributed by atoms with Gasteiger partial charge in [0.2, 0.25) is 5.91 Å². The van der Waals surface area contributed by atoms with E-state index >= 15 is 0 Å². The maximum absolute atomic E-state index is 12.5. The molecule has 2 saturated heterocycles. The van der Waals surface area contributed by atoms with Crippen molar-refractivity contribution in [3.05, 3.63) is 33.8 Å². The van der Waals surface area contributed by atoms with Crippen LogP contribution in [0.3, 0.4) is 0 Å². The Labute approximate surface area is 145 Å². The van der Waals surface area contributed by atoms with Crippen molar-refractivity contribution in [1.29, 1.82) is 0 Å². The molecular weight excluding hydrogens is 339 g/mol. The van der Waals surface area contributed by atoms with E-state index in [1.54, 1.807) is 12.1 Å². The van der Waals surface area contributed by atoms with Gasteiger partial charge in [0.25, 0.3) is 0 Å². The van der Waals surface area contributed by atoms with Crippen LogP contribution in [0, 0.1) is 0 Å². The highest BCUT2D eigenvalue weighted by Crippen LogP contribution is 2.29. The van der Waals surface area contributed by atoms with Crippen LogP contribution in [-0.4, -0.2) is 56.3 Å². The smallest absolute Gasteiger partial charge is 0.224 e. The van der Waals surface area contributed by atoms with Crippen LogP contribution in [0.2, 0.25) is 10.0 Å². The molecular formula is C16H20Cl2N2O3. The van der Waals surface area contributed by atoms with Gasteiger partial charge in [0.1, 0.15) is 6.10 Å². The second kappa shape index (κ2) is 7.81. The maximum atomic E-state index is 12.5. The van der Waals surface area contributed by atoms with Gasteiger partial charge in [0, 0.05) is 25.6 Å². The number of ether oxygens (including phenoxy) is 2. The minimum Gasteiger partial charge on any atom is -0.378 e. The SMILES string of the molecule is O=C(CC1COCCN1)N1CCOC(c2ccc(Cl)c(Cl)c2)C1. The summed E-state index contributed by atoms with van der Waals surface area (Å²) >= 11 is 12.0. The highest BCUT2D eigenvalue weighted by Gasteiger charge is 2.27. The van der Waals surface area contributed by atoms with Crippen LogP contribution in [0.5, 0.6) is 0 Å². The molecule has 0 saturated carbocycles. The van der Waals surface area contributed by atoms with Gasteiger partial charge in [0.15, 0.2) is 0 Å². The molecule has 23 heavy (non-hydrogen) atoms. The van der Waals surface area contributed by atoms with Gasteiger partial charge in [-0.2, -0.15) is 0 Å². The molecule has 0 aromatic heterocycles. The van der Waals surface area contributed by atoms with Crippen LogP contribution in [0.15, 0.2) is 18.2 Å². The standard InChI is InChI=1S/C16H20Cl2N2O3/c17-13-2-1-11(7-14(13)18)15-9-20(4-6-23-15)16(21)8-12-10-22-5-3-19-12/h1-2,7,12,15,19H,3-6,8-10H2. The fourth-order valence-electron chi connectivity index (χ4n) is 2.88. The van der Waals surface area contributed by atoms with Crippen molar-refractivity contribution < 1.29 is 14.3 Å². The first-order chi connectivity index (χ1) is 11.1. The van der Waals surface area contributed by atoms with Gasteiger partial charge < -0.3 is 19.7 Å². The van der Waals surface area contributed by atoms with Gasteiger partial charge in [-0.3, -0.25) is 4.79 Å². The van der Waals surface area contributed by atoms with Crippen molar-refractivity contribution in [1.82, 2.24) is 10.2 Å². The quantitative estimate of drug-likeness (QED) is 0.900. The van der Waals surface area contributed by atoms with Gasteiger partial charge in [-0.15, -0.1) is 0 Å². The number of hydrogen-bond acceptors (Lipinski definition) is 4. The summed E-state index contributed by atoms with van der Waals surface area (Å²) < 4.78 is 11.2. The number of halogens is 2. The van der Waals surface area contributed by atoms with E-state index in [1.165, 1.54) is 0 Å². The Hall–Kier alpha value is -0.850. The van der Waals surface area contributed by atoms with Crippen LogP contribution in [-0.2, 0) is 14.3 Å². The lowest BCUT2D eigenvalue weighted by atomic mass is 10.1. The van der Waals surface area contributed by atoms with Crippen molar-refractivity contribution >= 4 is 29.1 Å². The second-order valence-electron chi connectivity index (χ2n) is 5.80. The van der Waals surface area contributed by atoms with Crippen LogP contribution >= 0.6 is 23.2 Å². The molecule has 2 unspecified atom stereocenters. The number of carbonyl (C=O) groups excluding carboxylic acids is 1. The zero-order chi connectivity index (χ0) is 16.2.